The summed E-state index contributed by atoms with van der Waals surface area (Å²) in [5.41, 5.74) is 1.21. The van der Waals surface area contributed by atoms with Gasteiger partial charge in [0, 0.05) is 31.6 Å². The van der Waals surface area contributed by atoms with Gasteiger partial charge in [0.2, 0.25) is 0 Å². The number of rotatable bonds is 6. The quantitative estimate of drug-likeness (QED) is 0.874. The number of ether oxygens (including phenoxy) is 1. The van der Waals surface area contributed by atoms with Gasteiger partial charge in [-0.2, -0.15) is 0 Å². The fourth-order valence-electron chi connectivity index (χ4n) is 2.84. The number of methoxy groups -OCH3 is 1. The molecule has 1 unspecified atom stereocenters. The van der Waals surface area contributed by atoms with Gasteiger partial charge in [-0.3, -0.25) is 0 Å². The number of nitrogens with zero attached hydrogens (tertiary/aromatic N) is 2. The van der Waals surface area contributed by atoms with Crippen molar-refractivity contribution in [3.05, 3.63) is 10.6 Å². The highest BCUT2D eigenvalue weighted by Gasteiger charge is 2.32. The standard InChI is InChI=1S/C16H29N3OS/c1-6-17-10-13-14(12(2)3)18-15(21-13)19-9-7-8-16(4,11-19)20-5/h12,17H,6-11H2,1-5H3. The van der Waals surface area contributed by atoms with Gasteiger partial charge in [0.05, 0.1) is 11.3 Å². The van der Waals surface area contributed by atoms with Crippen LogP contribution in [0.25, 0.3) is 0 Å². The monoisotopic (exact) mass is 311 g/mol. The molecule has 0 aromatic carbocycles. The van der Waals surface area contributed by atoms with Gasteiger partial charge < -0.3 is 15.0 Å². The Bertz CT molecular complexity index is 460. The molecule has 1 N–H and O–H groups in total. The summed E-state index contributed by atoms with van der Waals surface area (Å²) >= 11 is 1.84. The van der Waals surface area contributed by atoms with E-state index in [0.717, 1.165) is 37.7 Å². The van der Waals surface area contributed by atoms with Crippen LogP contribution in [0.2, 0.25) is 0 Å². The highest BCUT2D eigenvalue weighted by Crippen LogP contribution is 2.34. The second-order valence-corrected chi connectivity index (χ2v) is 7.48. The van der Waals surface area contributed by atoms with Crippen molar-refractivity contribution in [3.8, 4) is 0 Å². The number of hydrogen-bond donors (Lipinski definition) is 1. The number of hydrogen-bond acceptors (Lipinski definition) is 5. The van der Waals surface area contributed by atoms with E-state index in [-0.39, 0.29) is 5.60 Å². The zero-order valence-electron chi connectivity index (χ0n) is 14.0. The summed E-state index contributed by atoms with van der Waals surface area (Å²) in [4.78, 5) is 8.72. The largest absolute Gasteiger partial charge is 0.377 e. The number of anilines is 1. The van der Waals surface area contributed by atoms with Crippen molar-refractivity contribution >= 4 is 16.5 Å². The fourth-order valence-corrected chi connectivity index (χ4v) is 4.05. The van der Waals surface area contributed by atoms with E-state index in [9.17, 15) is 0 Å². The van der Waals surface area contributed by atoms with Crippen LogP contribution in [0.15, 0.2) is 0 Å². The molecule has 2 rings (SSSR count). The summed E-state index contributed by atoms with van der Waals surface area (Å²) < 4.78 is 5.70. The van der Waals surface area contributed by atoms with Crippen LogP contribution in [-0.2, 0) is 11.3 Å². The first kappa shape index (κ1) is 16.7. The van der Waals surface area contributed by atoms with Gasteiger partial charge in [0.1, 0.15) is 0 Å². The van der Waals surface area contributed by atoms with Crippen LogP contribution < -0.4 is 10.2 Å². The Morgan fingerprint density at radius 2 is 2.24 bits per heavy atom. The number of piperidine rings is 1. The van der Waals surface area contributed by atoms with E-state index in [0.29, 0.717) is 5.92 Å². The lowest BCUT2D eigenvalue weighted by atomic mass is 9.95. The Balaban J connectivity index is 2.19. The van der Waals surface area contributed by atoms with Crippen molar-refractivity contribution in [3.63, 3.8) is 0 Å². The number of thiazole rings is 1. The van der Waals surface area contributed by atoms with Crippen LogP contribution >= 0.6 is 11.3 Å². The van der Waals surface area contributed by atoms with E-state index in [1.807, 2.05) is 18.4 Å². The van der Waals surface area contributed by atoms with Crippen molar-refractivity contribution in [2.24, 2.45) is 0 Å². The normalized spacial score (nSPS) is 23.0. The predicted molar refractivity (Wildman–Crippen MR) is 90.4 cm³/mol. The van der Waals surface area contributed by atoms with Crippen LogP contribution in [0, 0.1) is 0 Å². The average molecular weight is 311 g/mol. The molecule has 4 nitrogen and oxygen atoms in total. The molecule has 1 fully saturated rings. The molecular formula is C16H29N3OS. The molecule has 1 saturated heterocycles. The van der Waals surface area contributed by atoms with E-state index in [2.05, 4.69) is 37.9 Å². The Kier molecular flexibility index (Phi) is 5.63. The van der Waals surface area contributed by atoms with Gasteiger partial charge in [-0.15, -0.1) is 11.3 Å². The van der Waals surface area contributed by atoms with Crippen LogP contribution in [0.4, 0.5) is 5.13 Å². The van der Waals surface area contributed by atoms with Gasteiger partial charge in [-0.1, -0.05) is 20.8 Å². The molecule has 0 spiro atoms. The van der Waals surface area contributed by atoms with E-state index in [1.165, 1.54) is 17.0 Å². The fraction of sp³-hybridized carbons (Fsp3) is 0.812. The zero-order chi connectivity index (χ0) is 15.5. The molecule has 1 atom stereocenters. The predicted octanol–water partition coefficient (Wildman–Crippen LogP) is 3.38. The maximum absolute atomic E-state index is 5.70. The Morgan fingerprint density at radius 1 is 1.48 bits per heavy atom. The molecule has 5 heteroatoms. The third-order valence-corrected chi connectivity index (χ3v) is 5.35. The summed E-state index contributed by atoms with van der Waals surface area (Å²) in [5.74, 6) is 0.474. The molecule has 1 aliphatic heterocycles. The lowest BCUT2D eigenvalue weighted by Gasteiger charge is -2.39. The van der Waals surface area contributed by atoms with E-state index in [4.69, 9.17) is 9.72 Å². The first-order valence-corrected chi connectivity index (χ1v) is 8.81. The first-order chi connectivity index (χ1) is 9.99. The average Bonchev–Trinajstić information content (AvgIpc) is 2.89. The van der Waals surface area contributed by atoms with Gasteiger partial charge >= 0.3 is 0 Å². The Hall–Kier alpha value is -0.650. The van der Waals surface area contributed by atoms with Gasteiger partial charge in [0.15, 0.2) is 5.13 Å². The lowest BCUT2D eigenvalue weighted by molar-refractivity contribution is -0.00466. The van der Waals surface area contributed by atoms with Crippen LogP contribution in [-0.4, -0.2) is 37.3 Å². The molecule has 1 aliphatic rings. The second kappa shape index (κ2) is 7.07. The van der Waals surface area contributed by atoms with Crippen molar-refractivity contribution < 1.29 is 4.74 Å². The van der Waals surface area contributed by atoms with Gasteiger partial charge in [0.25, 0.3) is 0 Å². The first-order valence-electron chi connectivity index (χ1n) is 7.99. The third-order valence-electron chi connectivity index (χ3n) is 4.22. The SMILES string of the molecule is CCNCc1sc(N2CCCC(C)(OC)C2)nc1C(C)C. The van der Waals surface area contributed by atoms with Crippen molar-refractivity contribution in [1.29, 1.82) is 0 Å². The topological polar surface area (TPSA) is 37.4 Å². The highest BCUT2D eigenvalue weighted by molar-refractivity contribution is 7.15. The van der Waals surface area contributed by atoms with E-state index >= 15 is 0 Å². The van der Waals surface area contributed by atoms with E-state index < -0.39 is 0 Å². The van der Waals surface area contributed by atoms with Crippen molar-refractivity contribution in [2.75, 3.05) is 31.6 Å². The molecule has 1 aromatic heterocycles. The summed E-state index contributed by atoms with van der Waals surface area (Å²) in [6, 6.07) is 0. The summed E-state index contributed by atoms with van der Waals surface area (Å²) in [7, 11) is 1.82. The minimum Gasteiger partial charge on any atom is -0.377 e. The van der Waals surface area contributed by atoms with Gasteiger partial charge in [-0.05, 0) is 32.2 Å². The highest BCUT2D eigenvalue weighted by atomic mass is 32.1. The summed E-state index contributed by atoms with van der Waals surface area (Å²) in [6.07, 6.45) is 2.30. The maximum Gasteiger partial charge on any atom is 0.185 e. The maximum atomic E-state index is 5.70. The molecular weight excluding hydrogens is 282 g/mol. The van der Waals surface area contributed by atoms with Crippen LogP contribution in [0.5, 0.6) is 0 Å². The molecule has 1 aromatic rings. The smallest absolute Gasteiger partial charge is 0.185 e. The van der Waals surface area contributed by atoms with Crippen molar-refractivity contribution in [1.82, 2.24) is 10.3 Å². The molecule has 21 heavy (non-hydrogen) atoms. The summed E-state index contributed by atoms with van der Waals surface area (Å²) in [6.45, 7) is 12.8. The Morgan fingerprint density at radius 3 is 2.86 bits per heavy atom. The molecule has 0 saturated carbocycles. The zero-order valence-corrected chi connectivity index (χ0v) is 14.8. The number of nitrogens with one attached hydrogen (secondary N) is 1. The molecule has 2 heterocycles. The Labute approximate surface area is 132 Å². The molecule has 120 valence electrons. The minimum atomic E-state index is -0.0380. The summed E-state index contributed by atoms with van der Waals surface area (Å²) in [5, 5.41) is 4.59. The molecule has 0 radical (unpaired) electrons. The lowest BCUT2D eigenvalue weighted by Crippen LogP contribution is -2.47. The molecule has 0 aliphatic carbocycles. The third kappa shape index (κ3) is 3.96. The number of aromatic nitrogens is 1. The van der Waals surface area contributed by atoms with E-state index in [1.54, 1.807) is 0 Å². The second-order valence-electron chi connectivity index (χ2n) is 6.42. The minimum absolute atomic E-state index is 0.0380. The van der Waals surface area contributed by atoms with Crippen molar-refractivity contribution in [2.45, 2.75) is 58.6 Å². The van der Waals surface area contributed by atoms with Crippen LogP contribution in [0.1, 0.15) is 57.0 Å². The molecule has 0 amide bonds. The van der Waals surface area contributed by atoms with Crippen LogP contribution in [0.3, 0.4) is 0 Å². The van der Waals surface area contributed by atoms with Gasteiger partial charge in [-0.25, -0.2) is 4.98 Å². The molecule has 0 bridgehead atoms.